The van der Waals surface area contributed by atoms with Gasteiger partial charge in [-0.05, 0) is 30.0 Å². The van der Waals surface area contributed by atoms with Crippen molar-refractivity contribution in [3.05, 3.63) is 33.8 Å². The van der Waals surface area contributed by atoms with Crippen molar-refractivity contribution in [3.8, 4) is 0 Å². The summed E-state index contributed by atoms with van der Waals surface area (Å²) in [5.41, 5.74) is 7.00. The highest BCUT2D eigenvalue weighted by molar-refractivity contribution is 6.35. The lowest BCUT2D eigenvalue weighted by Crippen LogP contribution is -2.47. The van der Waals surface area contributed by atoms with Crippen molar-refractivity contribution in [1.29, 1.82) is 0 Å². The fraction of sp³-hybridized carbons (Fsp3) is 0.500. The second-order valence-electron chi connectivity index (χ2n) is 5.39. The lowest BCUT2D eigenvalue weighted by atomic mass is 9.91. The Kier molecular flexibility index (Phi) is 5.27. The number of piperidine rings is 1. The topological polar surface area (TPSA) is 66.6 Å². The molecule has 0 amide bonds. The van der Waals surface area contributed by atoms with E-state index in [0.29, 0.717) is 16.6 Å². The molecule has 0 spiro atoms. The molecule has 2 unspecified atom stereocenters. The van der Waals surface area contributed by atoms with Crippen molar-refractivity contribution in [2.75, 3.05) is 13.1 Å². The molecule has 2 atom stereocenters. The number of rotatable bonds is 4. The lowest BCUT2D eigenvalue weighted by Gasteiger charge is -2.36. The van der Waals surface area contributed by atoms with Crippen molar-refractivity contribution < 1.29 is 9.90 Å². The molecule has 1 heterocycles. The summed E-state index contributed by atoms with van der Waals surface area (Å²) < 4.78 is 0. The van der Waals surface area contributed by atoms with Crippen LogP contribution < -0.4 is 5.73 Å². The number of benzene rings is 1. The predicted octanol–water partition coefficient (Wildman–Crippen LogP) is 2.62. The maximum Gasteiger partial charge on any atom is 0.303 e. The Morgan fingerprint density at radius 2 is 2.15 bits per heavy atom. The fourth-order valence-corrected chi connectivity index (χ4v) is 3.23. The summed E-state index contributed by atoms with van der Waals surface area (Å²) >= 11 is 12.0. The molecule has 1 aliphatic heterocycles. The van der Waals surface area contributed by atoms with Crippen LogP contribution in [-0.2, 0) is 11.3 Å². The molecule has 0 radical (unpaired) electrons. The SMILES string of the molecule is NC1CC(CC(=O)O)CN(Cc2ccc(Cl)cc2Cl)C1. The molecular weight excluding hydrogens is 299 g/mol. The van der Waals surface area contributed by atoms with Gasteiger partial charge in [0.1, 0.15) is 0 Å². The summed E-state index contributed by atoms with van der Waals surface area (Å²) in [6.45, 7) is 2.16. The van der Waals surface area contributed by atoms with E-state index in [2.05, 4.69) is 4.90 Å². The maximum atomic E-state index is 10.8. The third kappa shape index (κ3) is 4.35. The quantitative estimate of drug-likeness (QED) is 0.896. The van der Waals surface area contributed by atoms with Crippen molar-refractivity contribution in [2.24, 2.45) is 11.7 Å². The van der Waals surface area contributed by atoms with Crippen LogP contribution in [0.2, 0.25) is 10.0 Å². The van der Waals surface area contributed by atoms with Crippen LogP contribution in [0.15, 0.2) is 18.2 Å². The number of likely N-dealkylation sites (tertiary alicyclic amines) is 1. The minimum absolute atomic E-state index is 0.0131. The third-order valence-corrected chi connectivity index (χ3v) is 4.10. The van der Waals surface area contributed by atoms with Crippen molar-refractivity contribution in [3.63, 3.8) is 0 Å². The summed E-state index contributed by atoms with van der Waals surface area (Å²) in [6, 6.07) is 5.44. The van der Waals surface area contributed by atoms with E-state index in [9.17, 15) is 4.79 Å². The molecular formula is C14H18Cl2N2O2. The van der Waals surface area contributed by atoms with Gasteiger partial charge in [0, 0.05) is 42.1 Å². The number of aliphatic carboxylic acids is 1. The van der Waals surface area contributed by atoms with E-state index in [4.69, 9.17) is 34.0 Å². The number of hydrogen-bond donors (Lipinski definition) is 2. The van der Waals surface area contributed by atoms with Crippen LogP contribution in [0.4, 0.5) is 0 Å². The first-order valence-corrected chi connectivity index (χ1v) is 7.33. The number of nitrogens with two attached hydrogens (primary N) is 1. The van der Waals surface area contributed by atoms with E-state index in [1.165, 1.54) is 0 Å². The first-order chi connectivity index (χ1) is 9.44. The normalized spacial score (nSPS) is 23.8. The number of carboxylic acid groups (broad SMARTS) is 1. The standard InChI is InChI=1S/C14H18Cl2N2O2/c15-11-2-1-10(13(16)5-11)7-18-6-9(4-14(19)20)3-12(17)8-18/h1-2,5,9,12H,3-4,6-8,17H2,(H,19,20). The predicted molar refractivity (Wildman–Crippen MR) is 80.1 cm³/mol. The molecule has 1 fully saturated rings. The minimum Gasteiger partial charge on any atom is -0.481 e. The average Bonchev–Trinajstić information content (AvgIpc) is 2.31. The number of carbonyl (C=O) groups is 1. The van der Waals surface area contributed by atoms with Gasteiger partial charge < -0.3 is 10.8 Å². The molecule has 6 heteroatoms. The second-order valence-corrected chi connectivity index (χ2v) is 6.23. The smallest absolute Gasteiger partial charge is 0.303 e. The van der Waals surface area contributed by atoms with Crippen molar-refractivity contribution in [1.82, 2.24) is 4.90 Å². The Morgan fingerprint density at radius 1 is 1.40 bits per heavy atom. The highest BCUT2D eigenvalue weighted by Gasteiger charge is 2.27. The van der Waals surface area contributed by atoms with Crippen LogP contribution >= 0.6 is 23.2 Å². The van der Waals surface area contributed by atoms with Crippen LogP contribution in [0.25, 0.3) is 0 Å². The fourth-order valence-electron chi connectivity index (χ4n) is 2.76. The van der Waals surface area contributed by atoms with Crippen molar-refractivity contribution >= 4 is 29.2 Å². The van der Waals surface area contributed by atoms with E-state index in [1.54, 1.807) is 12.1 Å². The molecule has 1 aromatic carbocycles. The Labute approximate surface area is 128 Å². The van der Waals surface area contributed by atoms with E-state index < -0.39 is 5.97 Å². The van der Waals surface area contributed by atoms with E-state index in [-0.39, 0.29) is 18.4 Å². The second kappa shape index (κ2) is 6.76. The van der Waals surface area contributed by atoms with Gasteiger partial charge in [0.2, 0.25) is 0 Å². The molecule has 2 rings (SSSR count). The van der Waals surface area contributed by atoms with Crippen LogP contribution in [-0.4, -0.2) is 35.1 Å². The average molecular weight is 317 g/mol. The van der Waals surface area contributed by atoms with Gasteiger partial charge in [-0.1, -0.05) is 29.3 Å². The number of carboxylic acids is 1. The maximum absolute atomic E-state index is 10.8. The molecule has 0 saturated carbocycles. The zero-order valence-electron chi connectivity index (χ0n) is 11.1. The molecule has 1 aromatic rings. The van der Waals surface area contributed by atoms with Gasteiger partial charge in [-0.3, -0.25) is 9.69 Å². The monoisotopic (exact) mass is 316 g/mol. The Hall–Kier alpha value is -0.810. The Morgan fingerprint density at radius 3 is 2.80 bits per heavy atom. The van der Waals surface area contributed by atoms with Gasteiger partial charge in [-0.15, -0.1) is 0 Å². The highest BCUT2D eigenvalue weighted by Crippen LogP contribution is 2.25. The van der Waals surface area contributed by atoms with E-state index in [0.717, 1.165) is 25.1 Å². The molecule has 3 N–H and O–H groups in total. The number of nitrogens with zero attached hydrogens (tertiary/aromatic N) is 1. The zero-order chi connectivity index (χ0) is 14.7. The highest BCUT2D eigenvalue weighted by atomic mass is 35.5. The Balaban J connectivity index is 2.02. The van der Waals surface area contributed by atoms with E-state index in [1.807, 2.05) is 6.07 Å². The molecule has 4 nitrogen and oxygen atoms in total. The summed E-state index contributed by atoms with van der Waals surface area (Å²) in [5, 5.41) is 10.1. The van der Waals surface area contributed by atoms with Crippen LogP contribution in [0.5, 0.6) is 0 Å². The summed E-state index contributed by atoms with van der Waals surface area (Å²) in [5.74, 6) is -0.670. The molecule has 20 heavy (non-hydrogen) atoms. The van der Waals surface area contributed by atoms with Crippen LogP contribution in [0.1, 0.15) is 18.4 Å². The van der Waals surface area contributed by atoms with Crippen LogP contribution in [0.3, 0.4) is 0 Å². The third-order valence-electron chi connectivity index (χ3n) is 3.52. The molecule has 1 saturated heterocycles. The molecule has 0 bridgehead atoms. The summed E-state index contributed by atoms with van der Waals surface area (Å²) in [4.78, 5) is 13.0. The van der Waals surface area contributed by atoms with Gasteiger partial charge in [0.05, 0.1) is 0 Å². The molecule has 0 aliphatic carbocycles. The summed E-state index contributed by atoms with van der Waals surface area (Å²) in [6.07, 6.45) is 0.926. The number of hydrogen-bond acceptors (Lipinski definition) is 3. The zero-order valence-corrected chi connectivity index (χ0v) is 12.6. The van der Waals surface area contributed by atoms with Gasteiger partial charge in [-0.25, -0.2) is 0 Å². The van der Waals surface area contributed by atoms with Crippen molar-refractivity contribution in [2.45, 2.75) is 25.4 Å². The Bertz CT molecular complexity index is 496. The summed E-state index contributed by atoms with van der Waals surface area (Å²) in [7, 11) is 0. The first kappa shape index (κ1) is 15.6. The van der Waals surface area contributed by atoms with Gasteiger partial charge in [0.25, 0.3) is 0 Å². The van der Waals surface area contributed by atoms with Gasteiger partial charge in [-0.2, -0.15) is 0 Å². The molecule has 1 aliphatic rings. The lowest BCUT2D eigenvalue weighted by molar-refractivity contribution is -0.138. The van der Waals surface area contributed by atoms with Crippen LogP contribution in [0, 0.1) is 5.92 Å². The minimum atomic E-state index is -0.770. The first-order valence-electron chi connectivity index (χ1n) is 6.57. The molecule has 0 aromatic heterocycles. The van der Waals surface area contributed by atoms with E-state index >= 15 is 0 Å². The number of halogens is 2. The molecule has 110 valence electrons. The van der Waals surface area contributed by atoms with Gasteiger partial charge in [0.15, 0.2) is 0 Å². The largest absolute Gasteiger partial charge is 0.481 e. The van der Waals surface area contributed by atoms with Gasteiger partial charge >= 0.3 is 5.97 Å².